The average molecular weight is 494 g/mol. The van der Waals surface area contributed by atoms with Crippen molar-refractivity contribution in [3.63, 3.8) is 0 Å². The number of rotatable bonds is 8. The van der Waals surface area contributed by atoms with Gasteiger partial charge < -0.3 is 19.5 Å². The van der Waals surface area contributed by atoms with Crippen LogP contribution in [0.25, 0.3) is 0 Å². The molecule has 0 radical (unpaired) electrons. The van der Waals surface area contributed by atoms with Gasteiger partial charge in [0.2, 0.25) is 5.91 Å². The summed E-state index contributed by atoms with van der Waals surface area (Å²) in [5, 5.41) is 3.89. The number of benzene rings is 1. The fourth-order valence-corrected chi connectivity index (χ4v) is 5.47. The van der Waals surface area contributed by atoms with E-state index in [2.05, 4.69) is 22.2 Å². The molecule has 1 aliphatic rings. The maximum atomic E-state index is 12.8. The van der Waals surface area contributed by atoms with Crippen LogP contribution in [0.1, 0.15) is 46.5 Å². The van der Waals surface area contributed by atoms with E-state index in [0.29, 0.717) is 32.5 Å². The summed E-state index contributed by atoms with van der Waals surface area (Å²) in [4.78, 5) is 36.6. The summed E-state index contributed by atoms with van der Waals surface area (Å²) >= 11 is 1.51. The van der Waals surface area contributed by atoms with Gasteiger partial charge in [-0.05, 0) is 30.4 Å². The lowest BCUT2D eigenvalue weighted by Gasteiger charge is -2.26. The first-order valence-corrected chi connectivity index (χ1v) is 12.6. The minimum absolute atomic E-state index is 0.0308. The topological polar surface area (TPSA) is 88.8 Å². The summed E-state index contributed by atoms with van der Waals surface area (Å²) in [7, 11) is 1.72. The Morgan fingerprint density at radius 3 is 2.83 bits per heavy atom. The molecule has 4 rings (SSSR count). The molecule has 0 saturated heterocycles. The van der Waals surface area contributed by atoms with Crippen LogP contribution in [0.5, 0.6) is 0 Å². The number of ether oxygens (including phenoxy) is 1. The first-order valence-electron chi connectivity index (χ1n) is 11.8. The van der Waals surface area contributed by atoms with Crippen LogP contribution >= 0.6 is 11.3 Å². The van der Waals surface area contributed by atoms with E-state index in [4.69, 9.17) is 4.74 Å². The molecule has 0 spiro atoms. The third kappa shape index (κ3) is 6.16. The van der Waals surface area contributed by atoms with Gasteiger partial charge in [-0.1, -0.05) is 37.3 Å². The number of aliphatic imine (C=N–C) groups is 1. The third-order valence-electron chi connectivity index (χ3n) is 6.06. The fourth-order valence-electron chi connectivity index (χ4n) is 4.22. The van der Waals surface area contributed by atoms with E-state index in [9.17, 15) is 9.59 Å². The van der Waals surface area contributed by atoms with Gasteiger partial charge in [-0.3, -0.25) is 9.79 Å². The molecule has 0 bridgehead atoms. The summed E-state index contributed by atoms with van der Waals surface area (Å²) in [6.07, 6.45) is 6.21. The SMILES string of the molecule is CN=Cc1c(NC(=O)CC(C)c2ccccc2)sc2c1CCN(C(=O)OCCn1cnc(C)c1)C2. The van der Waals surface area contributed by atoms with Crippen LogP contribution in [0, 0.1) is 6.92 Å². The summed E-state index contributed by atoms with van der Waals surface area (Å²) < 4.78 is 7.39. The predicted molar refractivity (Wildman–Crippen MR) is 138 cm³/mol. The summed E-state index contributed by atoms with van der Waals surface area (Å²) in [6, 6.07) is 10.0. The van der Waals surface area contributed by atoms with Crippen molar-refractivity contribution in [3.05, 3.63) is 70.1 Å². The van der Waals surface area contributed by atoms with Crippen molar-refractivity contribution < 1.29 is 14.3 Å². The van der Waals surface area contributed by atoms with Gasteiger partial charge in [0.25, 0.3) is 0 Å². The van der Waals surface area contributed by atoms with E-state index in [1.165, 1.54) is 11.3 Å². The minimum atomic E-state index is -0.325. The second-order valence-corrected chi connectivity index (χ2v) is 9.84. The molecule has 0 saturated carbocycles. The van der Waals surface area contributed by atoms with Crippen molar-refractivity contribution in [2.45, 2.75) is 45.7 Å². The third-order valence-corrected chi connectivity index (χ3v) is 7.21. The average Bonchev–Trinajstić information content (AvgIpc) is 3.42. The molecule has 2 amide bonds. The van der Waals surface area contributed by atoms with Gasteiger partial charge in [0, 0.05) is 42.9 Å². The predicted octanol–water partition coefficient (Wildman–Crippen LogP) is 4.63. The summed E-state index contributed by atoms with van der Waals surface area (Å²) in [6.45, 7) is 5.86. The number of thiophene rings is 1. The molecule has 2 aromatic heterocycles. The zero-order valence-electron chi connectivity index (χ0n) is 20.4. The molecule has 0 fully saturated rings. The molecule has 1 aromatic carbocycles. The highest BCUT2D eigenvalue weighted by Crippen LogP contribution is 2.36. The second-order valence-electron chi connectivity index (χ2n) is 8.74. The number of aryl methyl sites for hydroxylation is 1. The smallest absolute Gasteiger partial charge is 0.410 e. The van der Waals surface area contributed by atoms with Crippen molar-refractivity contribution >= 4 is 34.6 Å². The molecule has 3 aromatic rings. The van der Waals surface area contributed by atoms with Crippen LogP contribution in [0.3, 0.4) is 0 Å². The van der Waals surface area contributed by atoms with Crippen LogP contribution in [-0.2, 0) is 29.0 Å². The van der Waals surface area contributed by atoms with E-state index in [1.807, 2.05) is 48.0 Å². The molecule has 0 aliphatic carbocycles. The molecular formula is C26H31N5O3S. The summed E-state index contributed by atoms with van der Waals surface area (Å²) in [5.41, 5.74) is 4.16. The summed E-state index contributed by atoms with van der Waals surface area (Å²) in [5.74, 6) is 0.0854. The van der Waals surface area contributed by atoms with Crippen molar-refractivity contribution in [1.82, 2.24) is 14.5 Å². The molecule has 1 unspecified atom stereocenters. The van der Waals surface area contributed by atoms with Gasteiger partial charge in [0.15, 0.2) is 0 Å². The maximum Gasteiger partial charge on any atom is 0.410 e. The Balaban J connectivity index is 1.38. The number of imidazole rings is 1. The van der Waals surface area contributed by atoms with Crippen molar-refractivity contribution in [2.75, 3.05) is 25.5 Å². The van der Waals surface area contributed by atoms with Gasteiger partial charge >= 0.3 is 6.09 Å². The number of amides is 2. The number of nitrogens with one attached hydrogen (secondary N) is 1. The largest absolute Gasteiger partial charge is 0.448 e. The molecule has 8 nitrogen and oxygen atoms in total. The van der Waals surface area contributed by atoms with Crippen molar-refractivity contribution in [2.24, 2.45) is 4.99 Å². The van der Waals surface area contributed by atoms with E-state index < -0.39 is 0 Å². The highest BCUT2D eigenvalue weighted by molar-refractivity contribution is 7.16. The van der Waals surface area contributed by atoms with Gasteiger partial charge in [-0.25, -0.2) is 9.78 Å². The highest BCUT2D eigenvalue weighted by Gasteiger charge is 2.28. The van der Waals surface area contributed by atoms with Crippen LogP contribution in [0.15, 0.2) is 47.8 Å². The van der Waals surface area contributed by atoms with E-state index in [0.717, 1.165) is 32.3 Å². The highest BCUT2D eigenvalue weighted by atomic mass is 32.1. The molecule has 3 heterocycles. The standard InChI is InChI=1S/C26H31N5O3S/c1-18(20-7-5-4-6-8-20)13-24(32)29-25-22(14-27-3)21-9-10-31(16-23(21)35-25)26(33)34-12-11-30-15-19(2)28-17-30/h4-8,14-15,17-18H,9-13,16H2,1-3H3,(H,29,32). The normalized spacial score (nSPS) is 14.1. The lowest BCUT2D eigenvalue weighted by molar-refractivity contribution is -0.116. The monoisotopic (exact) mass is 493 g/mol. The minimum Gasteiger partial charge on any atom is -0.448 e. The number of carbonyl (C=O) groups excluding carboxylic acids is 2. The molecule has 1 N–H and O–H groups in total. The molecule has 1 aliphatic heterocycles. The van der Waals surface area contributed by atoms with Gasteiger partial charge in [-0.2, -0.15) is 0 Å². The van der Waals surface area contributed by atoms with Crippen LogP contribution in [-0.4, -0.2) is 52.9 Å². The van der Waals surface area contributed by atoms with Crippen LogP contribution in [0.4, 0.5) is 9.80 Å². The first kappa shape index (κ1) is 24.7. The number of anilines is 1. The Morgan fingerprint density at radius 1 is 1.31 bits per heavy atom. The van der Waals surface area contributed by atoms with E-state index >= 15 is 0 Å². The molecular weight excluding hydrogens is 462 g/mol. The van der Waals surface area contributed by atoms with E-state index in [1.54, 1.807) is 24.5 Å². The lowest BCUT2D eigenvalue weighted by atomic mass is 9.97. The van der Waals surface area contributed by atoms with Gasteiger partial charge in [0.05, 0.1) is 25.1 Å². The number of carbonyl (C=O) groups is 2. The number of nitrogens with zero attached hydrogens (tertiary/aromatic N) is 4. The number of hydrogen-bond donors (Lipinski definition) is 1. The Bertz CT molecular complexity index is 1200. The first-order chi connectivity index (χ1) is 16.9. The van der Waals surface area contributed by atoms with Crippen LogP contribution < -0.4 is 5.32 Å². The molecule has 35 heavy (non-hydrogen) atoms. The zero-order chi connectivity index (χ0) is 24.8. The van der Waals surface area contributed by atoms with Crippen molar-refractivity contribution in [3.8, 4) is 0 Å². The van der Waals surface area contributed by atoms with Gasteiger partial charge in [0.1, 0.15) is 11.6 Å². The number of aromatic nitrogens is 2. The molecule has 9 heteroatoms. The quantitative estimate of drug-likeness (QED) is 0.464. The van der Waals surface area contributed by atoms with Gasteiger partial charge in [-0.15, -0.1) is 11.3 Å². The van der Waals surface area contributed by atoms with Crippen LogP contribution in [0.2, 0.25) is 0 Å². The molecule has 1 atom stereocenters. The van der Waals surface area contributed by atoms with Crippen molar-refractivity contribution in [1.29, 1.82) is 0 Å². The molecule has 184 valence electrons. The number of hydrogen-bond acceptors (Lipinski definition) is 6. The number of fused-ring (bicyclic) bond motifs is 1. The fraction of sp³-hybridized carbons (Fsp3) is 0.385. The second kappa shape index (κ2) is 11.3. The lowest BCUT2D eigenvalue weighted by Crippen LogP contribution is -2.36. The Morgan fingerprint density at radius 2 is 2.11 bits per heavy atom. The Kier molecular flexibility index (Phi) is 7.97. The van der Waals surface area contributed by atoms with E-state index in [-0.39, 0.29) is 24.5 Å². The maximum absolute atomic E-state index is 12.8. The Labute approximate surface area is 209 Å². The zero-order valence-corrected chi connectivity index (χ0v) is 21.2. The Hall–Kier alpha value is -3.46.